The molecule has 182 valence electrons. The number of anilines is 1. The molecule has 0 amide bonds. The Labute approximate surface area is 213 Å². The highest BCUT2D eigenvalue weighted by molar-refractivity contribution is 7.80. The number of nitro benzene ring substituents is 1. The lowest BCUT2D eigenvalue weighted by molar-refractivity contribution is -0.384. The lowest BCUT2D eigenvalue weighted by atomic mass is 10.0. The van der Waals surface area contributed by atoms with Gasteiger partial charge in [0.15, 0.2) is 5.11 Å². The smallest absolute Gasteiger partial charge is 0.270 e. The highest BCUT2D eigenvalue weighted by Crippen LogP contribution is 2.43. The number of benzene rings is 2. The molecule has 5 rings (SSSR count). The van der Waals surface area contributed by atoms with E-state index < -0.39 is 4.92 Å². The van der Waals surface area contributed by atoms with Crippen LogP contribution >= 0.6 is 12.2 Å². The number of nitrogens with zero attached hydrogens (tertiary/aromatic N) is 3. The van der Waals surface area contributed by atoms with Crippen molar-refractivity contribution in [2.75, 3.05) is 4.90 Å². The van der Waals surface area contributed by atoms with Crippen LogP contribution in [0.1, 0.15) is 37.4 Å². The Bertz CT molecular complexity index is 1390. The van der Waals surface area contributed by atoms with Gasteiger partial charge < -0.3 is 19.4 Å². The molecule has 0 spiro atoms. The first kappa shape index (κ1) is 23.5. The first-order valence-corrected chi connectivity index (χ1v) is 11.9. The van der Waals surface area contributed by atoms with Crippen molar-refractivity contribution in [3.05, 3.63) is 107 Å². The second-order valence-corrected chi connectivity index (χ2v) is 9.05. The Kier molecular flexibility index (Phi) is 6.39. The zero-order valence-electron chi connectivity index (χ0n) is 19.7. The van der Waals surface area contributed by atoms with Crippen molar-refractivity contribution in [3.63, 3.8) is 0 Å². The van der Waals surface area contributed by atoms with Crippen LogP contribution in [-0.2, 0) is 0 Å². The second kappa shape index (κ2) is 9.79. The van der Waals surface area contributed by atoms with Crippen molar-refractivity contribution in [1.29, 1.82) is 0 Å². The number of hydrogen-bond donors (Lipinski definition) is 1. The SMILES string of the molecule is CC(C)Oc1ccc(N2C(=S)N[C@@H](c3ccccn3)[C@H]2c2ccc(-c3cccc([N+](=O)[O-])c3)o2)cc1. The normalized spacial score (nSPS) is 17.3. The molecular formula is C27H24N4O4S. The maximum Gasteiger partial charge on any atom is 0.270 e. The molecule has 3 heterocycles. The van der Waals surface area contributed by atoms with E-state index >= 15 is 0 Å². The number of aromatic nitrogens is 1. The molecule has 4 aromatic rings. The third kappa shape index (κ3) is 4.65. The van der Waals surface area contributed by atoms with Gasteiger partial charge in [0.05, 0.1) is 22.8 Å². The molecule has 0 unspecified atom stereocenters. The van der Waals surface area contributed by atoms with Crippen molar-refractivity contribution >= 4 is 28.7 Å². The van der Waals surface area contributed by atoms with Gasteiger partial charge in [-0.2, -0.15) is 0 Å². The molecule has 0 saturated carbocycles. The number of nitrogens with one attached hydrogen (secondary N) is 1. The summed E-state index contributed by atoms with van der Waals surface area (Å²) in [6, 6.07) is 23.0. The number of nitro groups is 1. The average molecular weight is 501 g/mol. The number of ether oxygens (including phenoxy) is 1. The van der Waals surface area contributed by atoms with Gasteiger partial charge >= 0.3 is 0 Å². The van der Waals surface area contributed by atoms with Gasteiger partial charge in [-0.05, 0) is 74.6 Å². The summed E-state index contributed by atoms with van der Waals surface area (Å²) in [6.07, 6.45) is 1.82. The predicted octanol–water partition coefficient (Wildman–Crippen LogP) is 6.21. The highest BCUT2D eigenvalue weighted by Gasteiger charge is 2.42. The van der Waals surface area contributed by atoms with Crippen LogP contribution in [0.5, 0.6) is 5.75 Å². The summed E-state index contributed by atoms with van der Waals surface area (Å²) < 4.78 is 12.1. The van der Waals surface area contributed by atoms with Gasteiger partial charge in [-0.15, -0.1) is 0 Å². The summed E-state index contributed by atoms with van der Waals surface area (Å²) >= 11 is 5.76. The van der Waals surface area contributed by atoms with Gasteiger partial charge in [0, 0.05) is 29.6 Å². The van der Waals surface area contributed by atoms with E-state index in [1.54, 1.807) is 18.3 Å². The minimum Gasteiger partial charge on any atom is -0.491 e. The molecule has 1 N–H and O–H groups in total. The molecule has 36 heavy (non-hydrogen) atoms. The van der Waals surface area contributed by atoms with Crippen LogP contribution in [-0.4, -0.2) is 21.1 Å². The van der Waals surface area contributed by atoms with Crippen molar-refractivity contribution in [2.24, 2.45) is 0 Å². The largest absolute Gasteiger partial charge is 0.491 e. The number of rotatable bonds is 7. The summed E-state index contributed by atoms with van der Waals surface area (Å²) in [5, 5.41) is 15.2. The third-order valence-electron chi connectivity index (χ3n) is 5.84. The Morgan fingerprint density at radius 1 is 1.08 bits per heavy atom. The minimum atomic E-state index is -0.418. The predicted molar refractivity (Wildman–Crippen MR) is 141 cm³/mol. The van der Waals surface area contributed by atoms with Crippen LogP contribution < -0.4 is 15.0 Å². The molecule has 0 aliphatic carbocycles. The molecule has 1 saturated heterocycles. The number of non-ortho nitro benzene ring substituents is 1. The third-order valence-corrected chi connectivity index (χ3v) is 6.16. The van der Waals surface area contributed by atoms with Crippen molar-refractivity contribution in [1.82, 2.24) is 10.3 Å². The Balaban J connectivity index is 1.55. The monoisotopic (exact) mass is 500 g/mol. The summed E-state index contributed by atoms with van der Waals surface area (Å²) in [5.41, 5.74) is 2.33. The summed E-state index contributed by atoms with van der Waals surface area (Å²) in [4.78, 5) is 17.4. The minimum absolute atomic E-state index is 0.00542. The first-order chi connectivity index (χ1) is 17.4. The van der Waals surface area contributed by atoms with Crippen molar-refractivity contribution in [2.45, 2.75) is 32.0 Å². The van der Waals surface area contributed by atoms with Gasteiger partial charge in [-0.25, -0.2) is 0 Å². The molecule has 0 bridgehead atoms. The van der Waals surface area contributed by atoms with Crippen LogP contribution in [0.15, 0.2) is 89.5 Å². The first-order valence-electron chi connectivity index (χ1n) is 11.5. The summed E-state index contributed by atoms with van der Waals surface area (Å²) in [5.74, 6) is 1.96. The Morgan fingerprint density at radius 2 is 1.89 bits per heavy atom. The van der Waals surface area contributed by atoms with Gasteiger partial charge in [0.25, 0.3) is 5.69 Å². The van der Waals surface area contributed by atoms with E-state index in [1.807, 2.05) is 73.3 Å². The van der Waals surface area contributed by atoms with E-state index in [2.05, 4.69) is 10.3 Å². The standard InChI is InChI=1S/C27H24N4O4S/c1-17(2)34-21-11-9-19(10-12-21)30-26(25(29-27(30)36)22-8-3-4-15-28-22)24-14-13-23(35-24)18-6-5-7-20(16-18)31(32)33/h3-17,25-26H,1-2H3,(H,29,36)/t25-,26+/m0/s1. The summed E-state index contributed by atoms with van der Waals surface area (Å²) in [6.45, 7) is 3.97. The fraction of sp³-hybridized carbons (Fsp3) is 0.185. The lowest BCUT2D eigenvalue weighted by Gasteiger charge is -2.26. The molecule has 8 nitrogen and oxygen atoms in total. The van der Waals surface area contributed by atoms with Crippen molar-refractivity contribution < 1.29 is 14.1 Å². The topological polar surface area (TPSA) is 93.7 Å². The van der Waals surface area contributed by atoms with Crippen LogP contribution in [0.3, 0.4) is 0 Å². The molecule has 9 heteroatoms. The van der Waals surface area contributed by atoms with Crippen LogP contribution in [0.25, 0.3) is 11.3 Å². The van der Waals surface area contributed by atoms with Crippen LogP contribution in [0.4, 0.5) is 11.4 Å². The zero-order chi connectivity index (χ0) is 25.2. The maximum atomic E-state index is 11.2. The van der Waals surface area contributed by atoms with Gasteiger partial charge in [-0.3, -0.25) is 15.1 Å². The second-order valence-electron chi connectivity index (χ2n) is 8.67. The van der Waals surface area contributed by atoms with E-state index in [4.69, 9.17) is 21.4 Å². The fourth-order valence-corrected chi connectivity index (χ4v) is 4.66. The molecule has 0 radical (unpaired) electrons. The van der Waals surface area contributed by atoms with E-state index in [0.717, 1.165) is 17.1 Å². The molecule has 2 aromatic carbocycles. The summed E-state index contributed by atoms with van der Waals surface area (Å²) in [7, 11) is 0. The maximum absolute atomic E-state index is 11.2. The van der Waals surface area contributed by atoms with E-state index in [9.17, 15) is 10.1 Å². The van der Waals surface area contributed by atoms with E-state index in [-0.39, 0.29) is 23.9 Å². The van der Waals surface area contributed by atoms with Gasteiger partial charge in [0.2, 0.25) is 0 Å². The number of hydrogen-bond acceptors (Lipinski definition) is 6. The van der Waals surface area contributed by atoms with Crippen molar-refractivity contribution in [3.8, 4) is 17.1 Å². The Morgan fingerprint density at radius 3 is 2.58 bits per heavy atom. The molecular weight excluding hydrogens is 476 g/mol. The van der Waals surface area contributed by atoms with Gasteiger partial charge in [0.1, 0.15) is 23.3 Å². The van der Waals surface area contributed by atoms with E-state index in [1.165, 1.54) is 12.1 Å². The zero-order valence-corrected chi connectivity index (χ0v) is 20.5. The van der Waals surface area contributed by atoms with E-state index in [0.29, 0.717) is 22.2 Å². The Hall–Kier alpha value is -4.24. The quantitative estimate of drug-likeness (QED) is 0.182. The molecule has 2 aromatic heterocycles. The fourth-order valence-electron chi connectivity index (χ4n) is 4.32. The lowest BCUT2D eigenvalue weighted by Crippen LogP contribution is -2.29. The molecule has 1 aliphatic rings. The molecule has 2 atom stereocenters. The van der Waals surface area contributed by atoms with Crippen LogP contribution in [0, 0.1) is 10.1 Å². The number of thiocarbonyl (C=S) groups is 1. The average Bonchev–Trinajstić information content (AvgIpc) is 3.49. The molecule has 1 fully saturated rings. The molecule has 1 aliphatic heterocycles. The number of pyridine rings is 1. The number of furan rings is 1. The highest BCUT2D eigenvalue weighted by atomic mass is 32.1. The van der Waals surface area contributed by atoms with Gasteiger partial charge in [-0.1, -0.05) is 18.2 Å². The van der Waals surface area contributed by atoms with Crippen LogP contribution in [0.2, 0.25) is 0 Å².